The van der Waals surface area contributed by atoms with E-state index in [2.05, 4.69) is 10.1 Å². The molecule has 2 rings (SSSR count). The van der Waals surface area contributed by atoms with Crippen LogP contribution >= 0.6 is 12.4 Å². The van der Waals surface area contributed by atoms with Crippen molar-refractivity contribution >= 4 is 12.4 Å². The van der Waals surface area contributed by atoms with E-state index in [0.29, 0.717) is 24.8 Å². The molecule has 0 radical (unpaired) electrons. The van der Waals surface area contributed by atoms with Crippen LogP contribution in [-0.2, 0) is 6.42 Å². The minimum atomic E-state index is 0. The van der Waals surface area contributed by atoms with Gasteiger partial charge < -0.3 is 10.3 Å². The van der Waals surface area contributed by atoms with Crippen molar-refractivity contribution in [2.45, 2.75) is 44.4 Å². The molecule has 1 heterocycles. The number of nitrogens with two attached hydrogens (primary N) is 1. The third-order valence-electron chi connectivity index (χ3n) is 2.81. The zero-order chi connectivity index (χ0) is 9.80. The highest BCUT2D eigenvalue weighted by atomic mass is 35.5. The number of hydrogen-bond acceptors (Lipinski definition) is 4. The minimum Gasteiger partial charge on any atom is -0.339 e. The van der Waals surface area contributed by atoms with Crippen LogP contribution in [0.15, 0.2) is 4.52 Å². The van der Waals surface area contributed by atoms with Gasteiger partial charge in [0.2, 0.25) is 5.89 Å². The van der Waals surface area contributed by atoms with E-state index in [1.54, 1.807) is 0 Å². The van der Waals surface area contributed by atoms with Crippen molar-refractivity contribution in [2.24, 2.45) is 5.73 Å². The Hall–Kier alpha value is -0.610. The summed E-state index contributed by atoms with van der Waals surface area (Å²) in [4.78, 5) is 4.37. The number of hydrogen-bond donors (Lipinski definition) is 1. The first kappa shape index (κ1) is 12.5. The van der Waals surface area contributed by atoms with Crippen molar-refractivity contribution in [3.8, 4) is 0 Å². The SMILES string of the molecule is Cl.NCCc1nc(C2CCCCC2)no1. The number of aromatic nitrogens is 2. The fourth-order valence-corrected chi connectivity index (χ4v) is 2.02. The number of nitrogens with zero attached hydrogens (tertiary/aromatic N) is 2. The average molecular weight is 232 g/mol. The summed E-state index contributed by atoms with van der Waals surface area (Å²) in [5.74, 6) is 2.11. The van der Waals surface area contributed by atoms with Crippen LogP contribution in [0.2, 0.25) is 0 Å². The highest BCUT2D eigenvalue weighted by molar-refractivity contribution is 5.85. The molecule has 1 aromatic heterocycles. The molecule has 86 valence electrons. The molecular weight excluding hydrogens is 214 g/mol. The van der Waals surface area contributed by atoms with Crippen molar-refractivity contribution in [3.05, 3.63) is 11.7 Å². The number of rotatable bonds is 3. The molecule has 0 aliphatic heterocycles. The smallest absolute Gasteiger partial charge is 0.227 e. The van der Waals surface area contributed by atoms with Crippen LogP contribution in [0, 0.1) is 0 Å². The molecule has 0 unspecified atom stereocenters. The molecule has 2 N–H and O–H groups in total. The second-order valence-electron chi connectivity index (χ2n) is 3.92. The van der Waals surface area contributed by atoms with Gasteiger partial charge in [0.05, 0.1) is 0 Å². The molecule has 0 saturated heterocycles. The van der Waals surface area contributed by atoms with Gasteiger partial charge in [-0.05, 0) is 12.8 Å². The Bertz CT molecular complexity index is 284. The zero-order valence-corrected chi connectivity index (χ0v) is 9.63. The minimum absolute atomic E-state index is 0. The molecule has 1 aliphatic rings. The molecule has 0 atom stereocenters. The summed E-state index contributed by atoms with van der Waals surface area (Å²) < 4.78 is 5.12. The van der Waals surface area contributed by atoms with Crippen LogP contribution in [0.25, 0.3) is 0 Å². The van der Waals surface area contributed by atoms with Gasteiger partial charge in [0.15, 0.2) is 5.82 Å². The highest BCUT2D eigenvalue weighted by Gasteiger charge is 2.20. The van der Waals surface area contributed by atoms with E-state index < -0.39 is 0 Å². The van der Waals surface area contributed by atoms with Crippen molar-refractivity contribution < 1.29 is 4.52 Å². The Morgan fingerprint density at radius 3 is 2.67 bits per heavy atom. The van der Waals surface area contributed by atoms with Crippen molar-refractivity contribution in [1.82, 2.24) is 10.1 Å². The topological polar surface area (TPSA) is 64.9 Å². The standard InChI is InChI=1S/C10H17N3O.ClH/c11-7-6-9-12-10(13-14-9)8-4-2-1-3-5-8;/h8H,1-7,11H2;1H. The largest absolute Gasteiger partial charge is 0.339 e. The Morgan fingerprint density at radius 1 is 1.27 bits per heavy atom. The van der Waals surface area contributed by atoms with Gasteiger partial charge in [-0.15, -0.1) is 12.4 Å². The normalized spacial score (nSPS) is 17.4. The Balaban J connectivity index is 0.00000112. The van der Waals surface area contributed by atoms with E-state index in [9.17, 15) is 0 Å². The summed E-state index contributed by atoms with van der Waals surface area (Å²) in [6.07, 6.45) is 7.06. The van der Waals surface area contributed by atoms with Gasteiger partial charge >= 0.3 is 0 Å². The average Bonchev–Trinajstić information content (AvgIpc) is 2.68. The van der Waals surface area contributed by atoms with Gasteiger partial charge in [-0.3, -0.25) is 0 Å². The number of halogens is 1. The predicted molar refractivity (Wildman–Crippen MR) is 60.1 cm³/mol. The van der Waals surface area contributed by atoms with E-state index in [1.807, 2.05) is 0 Å². The van der Waals surface area contributed by atoms with Crippen molar-refractivity contribution in [2.75, 3.05) is 6.54 Å². The lowest BCUT2D eigenvalue weighted by atomic mass is 9.89. The van der Waals surface area contributed by atoms with Gasteiger partial charge in [-0.1, -0.05) is 24.4 Å². The summed E-state index contributed by atoms with van der Waals surface area (Å²) >= 11 is 0. The molecule has 4 nitrogen and oxygen atoms in total. The first-order valence-corrected chi connectivity index (χ1v) is 5.42. The molecule has 1 aromatic rings. The first-order valence-electron chi connectivity index (χ1n) is 5.42. The molecule has 15 heavy (non-hydrogen) atoms. The highest BCUT2D eigenvalue weighted by Crippen LogP contribution is 2.30. The molecule has 5 heteroatoms. The van der Waals surface area contributed by atoms with Crippen LogP contribution < -0.4 is 5.73 Å². The van der Waals surface area contributed by atoms with Crippen molar-refractivity contribution in [3.63, 3.8) is 0 Å². The van der Waals surface area contributed by atoms with Crippen molar-refractivity contribution in [1.29, 1.82) is 0 Å². The maximum absolute atomic E-state index is 5.42. The third kappa shape index (κ3) is 3.18. The Morgan fingerprint density at radius 2 is 2.00 bits per heavy atom. The summed E-state index contributed by atoms with van der Waals surface area (Å²) in [6.45, 7) is 0.576. The zero-order valence-electron chi connectivity index (χ0n) is 8.82. The van der Waals surface area contributed by atoms with Crippen LogP contribution in [0.4, 0.5) is 0 Å². The van der Waals surface area contributed by atoms with Crippen LogP contribution in [0.1, 0.15) is 49.7 Å². The molecule has 0 aromatic carbocycles. The fourth-order valence-electron chi connectivity index (χ4n) is 2.02. The predicted octanol–water partition coefficient (Wildman–Crippen LogP) is 2.04. The summed E-state index contributed by atoms with van der Waals surface area (Å²) in [5, 5.41) is 4.02. The van der Waals surface area contributed by atoms with Gasteiger partial charge in [0.1, 0.15) is 0 Å². The van der Waals surface area contributed by atoms with Gasteiger partial charge in [-0.2, -0.15) is 4.98 Å². The molecule has 0 spiro atoms. The fraction of sp³-hybridized carbons (Fsp3) is 0.800. The second kappa shape index (κ2) is 6.08. The van der Waals surface area contributed by atoms with Crippen LogP contribution in [0.5, 0.6) is 0 Å². The Kier molecular flexibility index (Phi) is 5.05. The Labute approximate surface area is 96.0 Å². The molecule has 0 amide bonds. The lowest BCUT2D eigenvalue weighted by Gasteiger charge is -2.17. The monoisotopic (exact) mass is 231 g/mol. The van der Waals surface area contributed by atoms with E-state index in [-0.39, 0.29) is 12.4 Å². The summed E-state index contributed by atoms with van der Waals surface area (Å²) in [7, 11) is 0. The van der Waals surface area contributed by atoms with E-state index in [1.165, 1.54) is 32.1 Å². The van der Waals surface area contributed by atoms with Gasteiger partial charge in [0, 0.05) is 18.9 Å². The lowest BCUT2D eigenvalue weighted by Crippen LogP contribution is -2.07. The molecule has 0 bridgehead atoms. The van der Waals surface area contributed by atoms with Crippen LogP contribution in [-0.4, -0.2) is 16.7 Å². The van der Waals surface area contributed by atoms with E-state index >= 15 is 0 Å². The lowest BCUT2D eigenvalue weighted by molar-refractivity contribution is 0.358. The summed E-state index contributed by atoms with van der Waals surface area (Å²) in [5.41, 5.74) is 5.42. The quantitative estimate of drug-likeness (QED) is 0.865. The van der Waals surface area contributed by atoms with E-state index in [0.717, 1.165) is 5.82 Å². The van der Waals surface area contributed by atoms with Gasteiger partial charge in [0.25, 0.3) is 0 Å². The second-order valence-corrected chi connectivity index (χ2v) is 3.92. The molecule has 1 fully saturated rings. The van der Waals surface area contributed by atoms with Gasteiger partial charge in [-0.25, -0.2) is 0 Å². The maximum Gasteiger partial charge on any atom is 0.227 e. The molecule has 1 aliphatic carbocycles. The summed E-state index contributed by atoms with van der Waals surface area (Å²) in [6, 6.07) is 0. The van der Waals surface area contributed by atoms with Crippen LogP contribution in [0.3, 0.4) is 0 Å². The van der Waals surface area contributed by atoms with E-state index in [4.69, 9.17) is 10.3 Å². The molecule has 1 saturated carbocycles. The third-order valence-corrected chi connectivity index (χ3v) is 2.81. The maximum atomic E-state index is 5.42. The molecular formula is C10H18ClN3O. The first-order chi connectivity index (χ1) is 6.90.